The first-order chi connectivity index (χ1) is 6.79. The van der Waals surface area contributed by atoms with Gasteiger partial charge in [0.25, 0.3) is 0 Å². The van der Waals surface area contributed by atoms with E-state index in [4.69, 9.17) is 0 Å². The van der Waals surface area contributed by atoms with Gasteiger partial charge in [0, 0.05) is 22.4 Å². The van der Waals surface area contributed by atoms with Crippen molar-refractivity contribution in [2.24, 2.45) is 0 Å². The number of pyridine rings is 1. The molecule has 1 nitrogen and oxygen atoms in total. The number of aromatic nitrogens is 1. The second kappa shape index (κ2) is 3.93. The lowest BCUT2D eigenvalue weighted by atomic mass is 10.0. The van der Waals surface area contributed by atoms with Gasteiger partial charge in [-0.3, -0.25) is 4.98 Å². The van der Waals surface area contributed by atoms with Crippen LogP contribution < -0.4 is 0 Å². The molecule has 1 aromatic carbocycles. The van der Waals surface area contributed by atoms with E-state index in [1.54, 1.807) is 0 Å². The molecule has 0 aliphatic rings. The maximum absolute atomic E-state index is 4.16. The average Bonchev–Trinajstić information content (AvgIpc) is 2.23. The number of nitrogens with zero attached hydrogens (tertiary/aromatic N) is 1. The summed E-state index contributed by atoms with van der Waals surface area (Å²) < 4.78 is 1.04. The lowest BCUT2D eigenvalue weighted by Crippen LogP contribution is -1.86. The molecule has 1 aromatic heterocycles. The Morgan fingerprint density at radius 2 is 1.93 bits per heavy atom. The third kappa shape index (κ3) is 1.70. The van der Waals surface area contributed by atoms with Crippen LogP contribution in [0.2, 0.25) is 0 Å². The standard InChI is InChI=1S/C12H9BrN/c1-9-11(7-14-8-12(9)13)10-5-3-2-4-6-10/h3-8H,1H3. The van der Waals surface area contributed by atoms with E-state index in [-0.39, 0.29) is 0 Å². The Bertz CT molecular complexity index is 437. The highest BCUT2D eigenvalue weighted by Crippen LogP contribution is 2.26. The van der Waals surface area contributed by atoms with Crippen LogP contribution in [0.4, 0.5) is 0 Å². The highest BCUT2D eigenvalue weighted by Gasteiger charge is 2.03. The third-order valence-corrected chi connectivity index (χ3v) is 2.98. The largest absolute Gasteiger partial charge is 0.263 e. The fraction of sp³-hybridized carbons (Fsp3) is 0.0833. The minimum Gasteiger partial charge on any atom is -0.263 e. The van der Waals surface area contributed by atoms with Crippen molar-refractivity contribution in [3.63, 3.8) is 0 Å². The summed E-state index contributed by atoms with van der Waals surface area (Å²) in [4.78, 5) is 4.16. The summed E-state index contributed by atoms with van der Waals surface area (Å²) in [6.45, 7) is 2.08. The topological polar surface area (TPSA) is 12.9 Å². The van der Waals surface area contributed by atoms with Crippen LogP contribution in [0.1, 0.15) is 5.56 Å². The van der Waals surface area contributed by atoms with Crippen LogP contribution in [0.25, 0.3) is 11.1 Å². The Balaban J connectivity index is 2.58. The Morgan fingerprint density at radius 3 is 2.64 bits per heavy atom. The van der Waals surface area contributed by atoms with Crippen LogP contribution in [0.5, 0.6) is 0 Å². The molecule has 0 bridgehead atoms. The maximum Gasteiger partial charge on any atom is 0.0413 e. The molecule has 0 saturated carbocycles. The third-order valence-electron chi connectivity index (χ3n) is 2.18. The number of hydrogen-bond acceptors (Lipinski definition) is 1. The van der Waals surface area contributed by atoms with Crippen LogP contribution in [-0.2, 0) is 0 Å². The molecule has 0 atom stereocenters. The Kier molecular flexibility index (Phi) is 2.64. The first-order valence-electron chi connectivity index (χ1n) is 4.35. The summed E-state index contributed by atoms with van der Waals surface area (Å²) in [5.74, 6) is 0. The summed E-state index contributed by atoms with van der Waals surface area (Å²) in [7, 11) is 0. The van der Waals surface area contributed by atoms with Crippen LogP contribution in [-0.4, -0.2) is 4.98 Å². The molecule has 0 aliphatic carbocycles. The lowest BCUT2D eigenvalue weighted by molar-refractivity contribution is 1.26. The fourth-order valence-corrected chi connectivity index (χ4v) is 1.69. The number of halogens is 1. The number of hydrogen-bond donors (Lipinski definition) is 0. The minimum absolute atomic E-state index is 1.04. The van der Waals surface area contributed by atoms with E-state index in [9.17, 15) is 0 Å². The highest BCUT2D eigenvalue weighted by atomic mass is 79.9. The van der Waals surface area contributed by atoms with Crippen LogP contribution in [0.3, 0.4) is 0 Å². The highest BCUT2D eigenvalue weighted by molar-refractivity contribution is 9.10. The van der Waals surface area contributed by atoms with Gasteiger partial charge >= 0.3 is 0 Å². The molecular formula is C12H9BrN. The first kappa shape index (κ1) is 9.41. The Labute approximate surface area is 91.9 Å². The van der Waals surface area contributed by atoms with Crippen molar-refractivity contribution < 1.29 is 0 Å². The Morgan fingerprint density at radius 1 is 1.21 bits per heavy atom. The second-order valence-electron chi connectivity index (χ2n) is 3.08. The van der Waals surface area contributed by atoms with Gasteiger partial charge in [0.05, 0.1) is 0 Å². The van der Waals surface area contributed by atoms with Gasteiger partial charge in [-0.05, 0) is 40.0 Å². The predicted octanol–water partition coefficient (Wildman–Crippen LogP) is 3.62. The van der Waals surface area contributed by atoms with E-state index in [0.717, 1.165) is 10.0 Å². The molecule has 14 heavy (non-hydrogen) atoms. The van der Waals surface area contributed by atoms with Crippen LogP contribution >= 0.6 is 15.9 Å². The lowest BCUT2D eigenvalue weighted by Gasteiger charge is -2.06. The van der Waals surface area contributed by atoms with Crippen molar-refractivity contribution in [3.8, 4) is 11.1 Å². The molecule has 69 valence electrons. The van der Waals surface area contributed by atoms with E-state index in [1.807, 2.05) is 36.7 Å². The predicted molar refractivity (Wildman–Crippen MR) is 60.9 cm³/mol. The van der Waals surface area contributed by atoms with Crippen LogP contribution in [0.15, 0.2) is 41.1 Å². The van der Waals surface area contributed by atoms with E-state index in [0.29, 0.717) is 0 Å². The van der Waals surface area contributed by atoms with Crippen molar-refractivity contribution >= 4 is 15.9 Å². The van der Waals surface area contributed by atoms with Gasteiger partial charge in [0.15, 0.2) is 0 Å². The van der Waals surface area contributed by atoms with Crippen molar-refractivity contribution in [2.45, 2.75) is 6.92 Å². The molecule has 0 unspecified atom stereocenters. The van der Waals surface area contributed by atoms with Crippen molar-refractivity contribution in [2.75, 3.05) is 0 Å². The molecule has 0 spiro atoms. The van der Waals surface area contributed by atoms with E-state index in [2.05, 4.69) is 33.9 Å². The molecular weight excluding hydrogens is 238 g/mol. The first-order valence-corrected chi connectivity index (χ1v) is 5.15. The van der Waals surface area contributed by atoms with Gasteiger partial charge in [-0.1, -0.05) is 24.3 Å². The summed E-state index contributed by atoms with van der Waals surface area (Å²) in [5.41, 5.74) is 3.55. The maximum atomic E-state index is 4.16. The van der Waals surface area contributed by atoms with E-state index in [1.165, 1.54) is 11.1 Å². The molecule has 0 N–H and O–H groups in total. The van der Waals surface area contributed by atoms with Crippen molar-refractivity contribution in [3.05, 3.63) is 52.8 Å². The zero-order chi connectivity index (χ0) is 9.97. The molecule has 0 fully saturated rings. The van der Waals surface area contributed by atoms with Gasteiger partial charge in [0.2, 0.25) is 0 Å². The quantitative estimate of drug-likeness (QED) is 0.749. The summed E-state index contributed by atoms with van der Waals surface area (Å²) in [6.07, 6.45) is 3.70. The average molecular weight is 247 g/mol. The number of rotatable bonds is 1. The van der Waals surface area contributed by atoms with Gasteiger partial charge in [-0.2, -0.15) is 0 Å². The molecule has 0 saturated heterocycles. The van der Waals surface area contributed by atoms with Gasteiger partial charge in [0.1, 0.15) is 0 Å². The van der Waals surface area contributed by atoms with Gasteiger partial charge in [-0.15, -0.1) is 0 Å². The fourth-order valence-electron chi connectivity index (χ4n) is 1.36. The zero-order valence-electron chi connectivity index (χ0n) is 7.79. The SMILES string of the molecule is Cc1c(Br)cncc1-c1cc[c]cc1. The molecule has 2 aromatic rings. The molecule has 1 heterocycles. The molecule has 2 rings (SSSR count). The summed E-state index contributed by atoms with van der Waals surface area (Å²) in [5, 5.41) is 0. The monoisotopic (exact) mass is 246 g/mol. The van der Waals surface area contributed by atoms with Crippen molar-refractivity contribution in [1.82, 2.24) is 4.98 Å². The molecule has 2 heteroatoms. The molecule has 0 amide bonds. The summed E-state index contributed by atoms with van der Waals surface area (Å²) in [6, 6.07) is 10.9. The Hall–Kier alpha value is -1.15. The summed E-state index contributed by atoms with van der Waals surface area (Å²) >= 11 is 3.47. The van der Waals surface area contributed by atoms with Crippen LogP contribution in [0, 0.1) is 13.0 Å². The van der Waals surface area contributed by atoms with Gasteiger partial charge < -0.3 is 0 Å². The zero-order valence-corrected chi connectivity index (χ0v) is 9.38. The minimum atomic E-state index is 1.04. The van der Waals surface area contributed by atoms with Gasteiger partial charge in [-0.25, -0.2) is 0 Å². The normalized spacial score (nSPS) is 10.1. The van der Waals surface area contributed by atoms with Crippen molar-refractivity contribution in [1.29, 1.82) is 0 Å². The molecule has 1 radical (unpaired) electrons. The smallest absolute Gasteiger partial charge is 0.0413 e. The number of benzene rings is 1. The molecule has 0 aliphatic heterocycles. The van der Waals surface area contributed by atoms with E-state index >= 15 is 0 Å². The van der Waals surface area contributed by atoms with E-state index < -0.39 is 0 Å². The second-order valence-corrected chi connectivity index (χ2v) is 3.94.